The molecule has 4 heterocycles. The highest BCUT2D eigenvalue weighted by Crippen LogP contribution is 2.54. The van der Waals surface area contributed by atoms with Crippen molar-refractivity contribution in [3.63, 3.8) is 0 Å². The Morgan fingerprint density at radius 1 is 1.12 bits per heavy atom. The maximum atomic E-state index is 13.8. The van der Waals surface area contributed by atoms with E-state index in [9.17, 15) is 19.5 Å². The van der Waals surface area contributed by atoms with E-state index < -0.39 is 41.3 Å². The maximum absolute atomic E-state index is 13.8. The van der Waals surface area contributed by atoms with E-state index in [1.165, 1.54) is 4.90 Å². The first-order valence-electron chi connectivity index (χ1n) is 11.4. The van der Waals surface area contributed by atoms with Gasteiger partial charge in [0.25, 0.3) is 0 Å². The van der Waals surface area contributed by atoms with Crippen molar-refractivity contribution in [1.29, 1.82) is 0 Å². The van der Waals surface area contributed by atoms with Gasteiger partial charge in [-0.05, 0) is 49.6 Å². The smallest absolute Gasteiger partial charge is 0.250 e. The van der Waals surface area contributed by atoms with Crippen LogP contribution in [-0.2, 0) is 26.5 Å². The number of likely N-dealkylation sites (tertiary alicyclic amines) is 1. The summed E-state index contributed by atoms with van der Waals surface area (Å²) in [6.07, 6.45) is -0.947. The maximum Gasteiger partial charge on any atom is 0.250 e. The fraction of sp³-hybridized carbons (Fsp3) is 0.400. The van der Waals surface area contributed by atoms with E-state index in [2.05, 4.69) is 10.6 Å². The zero-order valence-electron chi connectivity index (χ0n) is 19.0. The summed E-state index contributed by atoms with van der Waals surface area (Å²) in [6, 6.07) is 8.28. The first-order chi connectivity index (χ1) is 16.2. The van der Waals surface area contributed by atoms with E-state index in [0.717, 1.165) is 11.1 Å². The number of benzene rings is 2. The van der Waals surface area contributed by atoms with Crippen molar-refractivity contribution in [3.05, 3.63) is 52.6 Å². The summed E-state index contributed by atoms with van der Waals surface area (Å²) in [5.74, 6) is -1.84. The van der Waals surface area contributed by atoms with E-state index >= 15 is 0 Å². The van der Waals surface area contributed by atoms with Crippen molar-refractivity contribution in [3.8, 4) is 11.5 Å². The molecule has 0 saturated carbocycles. The molecule has 2 aromatic rings. The van der Waals surface area contributed by atoms with Crippen molar-refractivity contribution in [2.75, 3.05) is 12.1 Å². The van der Waals surface area contributed by atoms with E-state index in [0.29, 0.717) is 28.3 Å². The number of anilines is 1. The number of carbonyl (C=O) groups is 3. The number of carbonyl (C=O) groups excluding carboxylic acids is 3. The van der Waals surface area contributed by atoms with Gasteiger partial charge in [-0.25, -0.2) is 0 Å². The highest BCUT2D eigenvalue weighted by atomic mass is 16.7. The third kappa shape index (κ3) is 2.59. The zero-order chi connectivity index (χ0) is 23.9. The van der Waals surface area contributed by atoms with Gasteiger partial charge >= 0.3 is 0 Å². The first kappa shape index (κ1) is 21.1. The Morgan fingerprint density at radius 3 is 2.65 bits per heavy atom. The lowest BCUT2D eigenvalue weighted by atomic mass is 9.76. The van der Waals surface area contributed by atoms with Gasteiger partial charge < -0.3 is 19.9 Å². The molecule has 4 aliphatic heterocycles. The normalized spacial score (nSPS) is 29.6. The Hall–Kier alpha value is -3.43. The minimum absolute atomic E-state index is 0.0469. The minimum Gasteiger partial charge on any atom is -0.454 e. The average Bonchev–Trinajstić information content (AvgIpc) is 3.53. The van der Waals surface area contributed by atoms with Crippen molar-refractivity contribution in [2.45, 2.75) is 45.0 Å². The fourth-order valence-electron chi connectivity index (χ4n) is 5.90. The fourth-order valence-corrected chi connectivity index (χ4v) is 5.90. The van der Waals surface area contributed by atoms with Crippen LogP contribution in [0.1, 0.15) is 29.2 Å². The van der Waals surface area contributed by atoms with Gasteiger partial charge in [-0.1, -0.05) is 18.2 Å². The van der Waals surface area contributed by atoms with Gasteiger partial charge in [0, 0.05) is 17.3 Å². The van der Waals surface area contributed by atoms with Crippen LogP contribution in [-0.4, -0.2) is 46.7 Å². The second-order valence-electron chi connectivity index (χ2n) is 9.56. The van der Waals surface area contributed by atoms with Crippen molar-refractivity contribution >= 4 is 23.4 Å². The number of nitrogens with one attached hydrogen (secondary N) is 2. The Morgan fingerprint density at radius 2 is 1.88 bits per heavy atom. The Kier molecular flexibility index (Phi) is 4.37. The van der Waals surface area contributed by atoms with Gasteiger partial charge in [-0.2, -0.15) is 0 Å². The molecule has 2 aromatic carbocycles. The van der Waals surface area contributed by atoms with Gasteiger partial charge in [0.2, 0.25) is 24.5 Å². The summed E-state index contributed by atoms with van der Waals surface area (Å²) in [4.78, 5) is 42.1. The largest absolute Gasteiger partial charge is 0.454 e. The predicted molar refractivity (Wildman–Crippen MR) is 120 cm³/mol. The zero-order valence-corrected chi connectivity index (χ0v) is 19.0. The predicted octanol–water partition coefficient (Wildman–Crippen LogP) is 1.33. The second kappa shape index (κ2) is 7.04. The first-order valence-corrected chi connectivity index (χ1v) is 11.4. The SMILES string of the molecule is Cc1ccc2c(c1C)NC(=O)[C@@]21N[C@H]([C@@H](C)O)[C@H]2C(=O)N(Cc3ccc4c(c3)OCO4)C(=O)[C@H]21. The van der Waals surface area contributed by atoms with Crippen LogP contribution in [0.25, 0.3) is 0 Å². The molecule has 9 nitrogen and oxygen atoms in total. The van der Waals surface area contributed by atoms with Crippen LogP contribution in [0.2, 0.25) is 0 Å². The summed E-state index contributed by atoms with van der Waals surface area (Å²) in [6.45, 7) is 5.61. The molecule has 9 heteroatoms. The van der Waals surface area contributed by atoms with Crippen LogP contribution in [0.4, 0.5) is 5.69 Å². The molecule has 0 radical (unpaired) electrons. The number of imide groups is 1. The number of ether oxygens (including phenoxy) is 2. The highest BCUT2D eigenvalue weighted by molar-refractivity contribution is 6.15. The van der Waals surface area contributed by atoms with Crippen LogP contribution in [0, 0.1) is 25.7 Å². The molecule has 176 valence electrons. The lowest BCUT2D eigenvalue weighted by Crippen LogP contribution is -2.54. The molecule has 0 bridgehead atoms. The van der Waals surface area contributed by atoms with Crippen molar-refractivity contribution < 1.29 is 29.0 Å². The summed E-state index contributed by atoms with van der Waals surface area (Å²) in [7, 11) is 0. The Balaban J connectivity index is 1.43. The molecule has 1 spiro atoms. The Labute approximate surface area is 196 Å². The van der Waals surface area contributed by atoms with Gasteiger partial charge in [-0.3, -0.25) is 24.6 Å². The second-order valence-corrected chi connectivity index (χ2v) is 9.56. The molecule has 34 heavy (non-hydrogen) atoms. The molecule has 0 unspecified atom stereocenters. The van der Waals surface area contributed by atoms with E-state index in [1.807, 2.05) is 26.0 Å². The van der Waals surface area contributed by atoms with Crippen LogP contribution in [0.5, 0.6) is 11.5 Å². The molecule has 0 aliphatic carbocycles. The third-order valence-corrected chi connectivity index (χ3v) is 7.74. The number of aryl methyl sites for hydroxylation is 1. The molecular weight excluding hydrogens is 438 g/mol. The number of rotatable bonds is 3. The van der Waals surface area contributed by atoms with E-state index in [-0.39, 0.29) is 19.2 Å². The number of fused-ring (bicyclic) bond motifs is 5. The summed E-state index contributed by atoms with van der Waals surface area (Å²) >= 11 is 0. The number of amides is 3. The number of aliphatic hydroxyl groups is 1. The molecule has 5 atom stereocenters. The highest BCUT2D eigenvalue weighted by Gasteiger charge is 2.71. The summed E-state index contributed by atoms with van der Waals surface area (Å²) in [5.41, 5.74) is 2.52. The quantitative estimate of drug-likeness (QED) is 0.588. The molecule has 0 aromatic heterocycles. The van der Waals surface area contributed by atoms with E-state index in [4.69, 9.17) is 9.47 Å². The molecule has 6 rings (SSSR count). The Bertz CT molecular complexity index is 1270. The molecular formula is C25H25N3O6. The van der Waals surface area contributed by atoms with Crippen molar-refractivity contribution in [2.24, 2.45) is 11.8 Å². The number of aliphatic hydroxyl groups excluding tert-OH is 1. The van der Waals surface area contributed by atoms with Gasteiger partial charge in [0.15, 0.2) is 11.5 Å². The van der Waals surface area contributed by atoms with Crippen LogP contribution >= 0.6 is 0 Å². The molecule has 4 aliphatic rings. The van der Waals surface area contributed by atoms with Crippen LogP contribution in [0.15, 0.2) is 30.3 Å². The van der Waals surface area contributed by atoms with Gasteiger partial charge in [0.1, 0.15) is 5.54 Å². The van der Waals surface area contributed by atoms with Crippen molar-refractivity contribution in [1.82, 2.24) is 10.2 Å². The monoisotopic (exact) mass is 463 g/mol. The van der Waals surface area contributed by atoms with E-state index in [1.54, 1.807) is 25.1 Å². The topological polar surface area (TPSA) is 117 Å². The number of hydrogen-bond acceptors (Lipinski definition) is 7. The van der Waals surface area contributed by atoms with Crippen LogP contribution < -0.4 is 20.1 Å². The standard InChI is InChI=1S/C25H25N3O6/c1-11-4-6-15-20(12(11)2)26-24(32)25(15)19-18(21(27-25)13(3)29)22(30)28(23(19)31)9-14-5-7-16-17(8-14)34-10-33-16/h4-8,13,18-19,21,27,29H,9-10H2,1-3H3,(H,26,32)/t13-,18+,19+,21-,25-/m1/s1. The number of nitrogens with zero attached hydrogens (tertiary/aromatic N) is 1. The average molecular weight is 463 g/mol. The summed E-state index contributed by atoms with van der Waals surface area (Å²) < 4.78 is 10.8. The lowest BCUT2D eigenvalue weighted by molar-refractivity contribution is -0.143. The van der Waals surface area contributed by atoms with Crippen LogP contribution in [0.3, 0.4) is 0 Å². The van der Waals surface area contributed by atoms with Gasteiger partial charge in [-0.15, -0.1) is 0 Å². The molecule has 2 fully saturated rings. The third-order valence-electron chi connectivity index (χ3n) is 7.74. The molecule has 3 N–H and O–H groups in total. The molecule has 2 saturated heterocycles. The lowest BCUT2D eigenvalue weighted by Gasteiger charge is -2.30. The summed E-state index contributed by atoms with van der Waals surface area (Å²) in [5, 5.41) is 16.7. The van der Waals surface area contributed by atoms with Gasteiger partial charge in [0.05, 0.1) is 24.5 Å². The molecule has 3 amide bonds. The number of hydrogen-bond donors (Lipinski definition) is 3. The minimum atomic E-state index is -1.42.